The van der Waals surface area contributed by atoms with E-state index in [0.717, 1.165) is 18.8 Å². The summed E-state index contributed by atoms with van der Waals surface area (Å²) in [6, 6.07) is 0.386. The topological polar surface area (TPSA) is 76.4 Å². The minimum Gasteiger partial charge on any atom is -0.369 e. The highest BCUT2D eigenvalue weighted by molar-refractivity contribution is 5.77. The standard InChI is InChI=1S/C8H18N4/c1-6-2-4-7(5-3-6)11-8(9)12-10/h6-7H,2-5,10H2,1H3,(H3,9,11,12). The molecule has 0 radical (unpaired) electrons. The summed E-state index contributed by atoms with van der Waals surface area (Å²) in [4.78, 5) is 4.25. The quantitative estimate of drug-likeness (QED) is 0.230. The molecule has 70 valence electrons. The highest BCUT2D eigenvalue weighted by atomic mass is 15.3. The van der Waals surface area contributed by atoms with Gasteiger partial charge in [-0.3, -0.25) is 5.43 Å². The molecule has 0 aromatic carbocycles. The van der Waals surface area contributed by atoms with Gasteiger partial charge in [0.2, 0.25) is 5.96 Å². The highest BCUT2D eigenvalue weighted by Crippen LogP contribution is 2.25. The second-order valence-corrected chi connectivity index (χ2v) is 3.57. The van der Waals surface area contributed by atoms with Crippen molar-refractivity contribution in [1.29, 1.82) is 0 Å². The number of aliphatic imine (C=N–C) groups is 1. The average molecular weight is 170 g/mol. The summed E-state index contributed by atoms with van der Waals surface area (Å²) in [7, 11) is 0. The van der Waals surface area contributed by atoms with Crippen LogP contribution in [0.15, 0.2) is 4.99 Å². The number of guanidine groups is 1. The molecular formula is C8H18N4. The zero-order chi connectivity index (χ0) is 8.97. The molecule has 0 aromatic rings. The Morgan fingerprint density at radius 2 is 1.92 bits per heavy atom. The molecule has 0 heterocycles. The van der Waals surface area contributed by atoms with Crippen LogP contribution in [0.1, 0.15) is 32.6 Å². The van der Waals surface area contributed by atoms with Gasteiger partial charge in [0.15, 0.2) is 0 Å². The molecule has 4 heteroatoms. The van der Waals surface area contributed by atoms with E-state index < -0.39 is 0 Å². The second kappa shape index (κ2) is 4.30. The summed E-state index contributed by atoms with van der Waals surface area (Å²) in [6.07, 6.45) is 4.80. The van der Waals surface area contributed by atoms with Crippen LogP contribution in [-0.4, -0.2) is 12.0 Å². The van der Waals surface area contributed by atoms with Gasteiger partial charge in [0.1, 0.15) is 0 Å². The highest BCUT2D eigenvalue weighted by Gasteiger charge is 2.17. The Balaban J connectivity index is 2.35. The van der Waals surface area contributed by atoms with Gasteiger partial charge in [0.25, 0.3) is 0 Å². The van der Waals surface area contributed by atoms with Crippen molar-refractivity contribution in [3.05, 3.63) is 0 Å². The first-order chi connectivity index (χ1) is 5.72. The Morgan fingerprint density at radius 3 is 2.42 bits per heavy atom. The van der Waals surface area contributed by atoms with Crippen LogP contribution in [0.5, 0.6) is 0 Å². The van der Waals surface area contributed by atoms with Gasteiger partial charge >= 0.3 is 0 Å². The molecule has 12 heavy (non-hydrogen) atoms. The predicted octanol–water partition coefficient (Wildman–Crippen LogP) is 0.343. The third-order valence-electron chi connectivity index (χ3n) is 2.45. The molecule has 0 unspecified atom stereocenters. The number of rotatable bonds is 1. The lowest BCUT2D eigenvalue weighted by atomic mass is 9.88. The molecule has 1 saturated carbocycles. The van der Waals surface area contributed by atoms with E-state index in [4.69, 9.17) is 11.6 Å². The smallest absolute Gasteiger partial charge is 0.203 e. The van der Waals surface area contributed by atoms with E-state index >= 15 is 0 Å². The lowest BCUT2D eigenvalue weighted by Crippen LogP contribution is -2.38. The number of nitrogens with one attached hydrogen (secondary N) is 1. The predicted molar refractivity (Wildman–Crippen MR) is 50.4 cm³/mol. The Bertz CT molecular complexity index is 158. The number of hydrogen-bond donors (Lipinski definition) is 3. The Morgan fingerprint density at radius 1 is 1.33 bits per heavy atom. The maximum absolute atomic E-state index is 5.45. The zero-order valence-electron chi connectivity index (χ0n) is 7.59. The van der Waals surface area contributed by atoms with Gasteiger partial charge in [0.05, 0.1) is 6.04 Å². The number of nitrogens with two attached hydrogens (primary N) is 2. The SMILES string of the molecule is CC1CCC(N=C(N)NN)CC1. The molecule has 0 bridgehead atoms. The minimum absolute atomic E-state index is 0.356. The molecule has 0 aliphatic heterocycles. The fraction of sp³-hybridized carbons (Fsp3) is 0.875. The van der Waals surface area contributed by atoms with Crippen LogP contribution in [0.4, 0.5) is 0 Å². The minimum atomic E-state index is 0.356. The molecule has 4 nitrogen and oxygen atoms in total. The van der Waals surface area contributed by atoms with Crippen molar-refractivity contribution in [2.75, 3.05) is 0 Å². The summed E-state index contributed by atoms with van der Waals surface area (Å²) >= 11 is 0. The third-order valence-corrected chi connectivity index (χ3v) is 2.45. The number of hydrogen-bond acceptors (Lipinski definition) is 2. The van der Waals surface area contributed by atoms with E-state index in [1.807, 2.05) is 0 Å². The second-order valence-electron chi connectivity index (χ2n) is 3.57. The maximum atomic E-state index is 5.45. The van der Waals surface area contributed by atoms with Crippen molar-refractivity contribution in [2.45, 2.75) is 38.6 Å². The molecule has 1 aliphatic carbocycles. The molecule has 1 fully saturated rings. The van der Waals surface area contributed by atoms with Gasteiger partial charge in [-0.25, -0.2) is 10.8 Å². The molecule has 0 atom stereocenters. The van der Waals surface area contributed by atoms with Crippen molar-refractivity contribution in [1.82, 2.24) is 5.43 Å². The summed E-state index contributed by atoms with van der Waals surface area (Å²) in [5, 5.41) is 0. The van der Waals surface area contributed by atoms with Gasteiger partial charge in [-0.05, 0) is 31.6 Å². The number of hydrazine groups is 1. The van der Waals surface area contributed by atoms with Crippen LogP contribution in [-0.2, 0) is 0 Å². The van der Waals surface area contributed by atoms with E-state index in [2.05, 4.69) is 17.3 Å². The van der Waals surface area contributed by atoms with Crippen LogP contribution in [0, 0.1) is 5.92 Å². The molecule has 0 amide bonds. The van der Waals surface area contributed by atoms with Crippen LogP contribution < -0.4 is 17.0 Å². The lowest BCUT2D eigenvalue weighted by Gasteiger charge is -2.23. The fourth-order valence-electron chi connectivity index (χ4n) is 1.61. The molecule has 0 saturated heterocycles. The van der Waals surface area contributed by atoms with Crippen LogP contribution >= 0.6 is 0 Å². The summed E-state index contributed by atoms with van der Waals surface area (Å²) < 4.78 is 0. The third kappa shape index (κ3) is 2.70. The molecule has 1 rings (SSSR count). The Kier molecular flexibility index (Phi) is 3.34. The van der Waals surface area contributed by atoms with Crippen molar-refractivity contribution >= 4 is 5.96 Å². The molecule has 5 N–H and O–H groups in total. The zero-order valence-corrected chi connectivity index (χ0v) is 7.59. The maximum Gasteiger partial charge on any atom is 0.203 e. The lowest BCUT2D eigenvalue weighted by molar-refractivity contribution is 0.348. The van der Waals surface area contributed by atoms with Gasteiger partial charge in [-0.2, -0.15) is 0 Å². The summed E-state index contributed by atoms with van der Waals surface area (Å²) in [5.41, 5.74) is 7.80. The fourth-order valence-corrected chi connectivity index (χ4v) is 1.61. The van der Waals surface area contributed by atoms with Crippen molar-refractivity contribution < 1.29 is 0 Å². The van der Waals surface area contributed by atoms with Crippen LogP contribution in [0.25, 0.3) is 0 Å². The van der Waals surface area contributed by atoms with E-state index in [-0.39, 0.29) is 0 Å². The van der Waals surface area contributed by atoms with Gasteiger partial charge in [-0.1, -0.05) is 6.92 Å². The van der Waals surface area contributed by atoms with E-state index in [9.17, 15) is 0 Å². The largest absolute Gasteiger partial charge is 0.369 e. The van der Waals surface area contributed by atoms with E-state index in [1.54, 1.807) is 0 Å². The van der Waals surface area contributed by atoms with E-state index in [0.29, 0.717) is 12.0 Å². The number of nitrogens with zero attached hydrogens (tertiary/aromatic N) is 1. The van der Waals surface area contributed by atoms with Gasteiger partial charge < -0.3 is 5.73 Å². The van der Waals surface area contributed by atoms with Crippen LogP contribution in [0.2, 0.25) is 0 Å². The van der Waals surface area contributed by atoms with Crippen molar-refractivity contribution in [3.63, 3.8) is 0 Å². The van der Waals surface area contributed by atoms with E-state index in [1.165, 1.54) is 12.8 Å². The summed E-state index contributed by atoms with van der Waals surface area (Å²) in [5.74, 6) is 6.32. The molecule has 0 aromatic heterocycles. The van der Waals surface area contributed by atoms with Gasteiger partial charge in [0, 0.05) is 0 Å². The van der Waals surface area contributed by atoms with Crippen LogP contribution in [0.3, 0.4) is 0 Å². The molecule has 1 aliphatic rings. The molecular weight excluding hydrogens is 152 g/mol. The first-order valence-corrected chi connectivity index (χ1v) is 4.52. The van der Waals surface area contributed by atoms with Crippen molar-refractivity contribution in [2.24, 2.45) is 22.5 Å². The first-order valence-electron chi connectivity index (χ1n) is 4.52. The average Bonchev–Trinajstić information content (AvgIpc) is 2.09. The first kappa shape index (κ1) is 9.32. The van der Waals surface area contributed by atoms with Crippen molar-refractivity contribution in [3.8, 4) is 0 Å². The Hall–Kier alpha value is -0.770. The summed E-state index contributed by atoms with van der Waals surface area (Å²) in [6.45, 7) is 2.28. The monoisotopic (exact) mass is 170 g/mol. The molecule has 0 spiro atoms. The Labute approximate surface area is 73.4 Å². The van der Waals surface area contributed by atoms with Gasteiger partial charge in [-0.15, -0.1) is 0 Å². The normalized spacial score (nSPS) is 31.7.